The number of carbonyl (C=O) groups excluding carboxylic acids is 1. The number of nitrogens with zero attached hydrogens (tertiary/aromatic N) is 3. The molecule has 0 aliphatic carbocycles. The molecule has 1 unspecified atom stereocenters. The van der Waals surface area contributed by atoms with E-state index in [2.05, 4.69) is 53.4 Å². The van der Waals surface area contributed by atoms with Gasteiger partial charge in [-0.2, -0.15) is 0 Å². The van der Waals surface area contributed by atoms with E-state index in [1.807, 2.05) is 37.4 Å². The van der Waals surface area contributed by atoms with Crippen molar-refractivity contribution in [2.24, 2.45) is 0 Å². The zero-order valence-electron chi connectivity index (χ0n) is 17.3. The number of urea groups is 1. The molecule has 1 aliphatic rings. The summed E-state index contributed by atoms with van der Waals surface area (Å²) in [5.41, 5.74) is 3.54. The van der Waals surface area contributed by atoms with Crippen LogP contribution in [0.4, 0.5) is 4.79 Å². The summed E-state index contributed by atoms with van der Waals surface area (Å²) in [7, 11) is 4.02. The maximum atomic E-state index is 12.9. The van der Waals surface area contributed by atoms with Gasteiger partial charge in [0.1, 0.15) is 0 Å². The van der Waals surface area contributed by atoms with Crippen LogP contribution in [0.15, 0.2) is 54.6 Å². The Morgan fingerprint density at radius 1 is 1.04 bits per heavy atom. The van der Waals surface area contributed by atoms with Gasteiger partial charge in [-0.1, -0.05) is 54.6 Å². The summed E-state index contributed by atoms with van der Waals surface area (Å²) in [6.45, 7) is 7.74. The summed E-state index contributed by atoms with van der Waals surface area (Å²) in [4.78, 5) is 19.5. The Bertz CT molecular complexity index is 756. The molecule has 1 fully saturated rings. The molecule has 1 atom stereocenters. The van der Waals surface area contributed by atoms with Gasteiger partial charge in [0.05, 0.1) is 6.04 Å². The predicted octanol–water partition coefficient (Wildman–Crippen LogP) is 3.13. The Morgan fingerprint density at radius 2 is 1.68 bits per heavy atom. The normalized spacial score (nSPS) is 16.5. The topological polar surface area (TPSA) is 38.8 Å². The summed E-state index contributed by atoms with van der Waals surface area (Å²) < 4.78 is 0. The number of aryl methyl sites for hydroxylation is 1. The number of hydrogen-bond donors (Lipinski definition) is 1. The first-order valence-electron chi connectivity index (χ1n) is 10.0. The smallest absolute Gasteiger partial charge is 0.317 e. The molecule has 2 aromatic rings. The highest BCUT2D eigenvalue weighted by atomic mass is 16.2. The van der Waals surface area contributed by atoms with Crippen molar-refractivity contribution in [1.82, 2.24) is 20.0 Å². The number of nitrogens with one attached hydrogen (secondary N) is 1. The Morgan fingerprint density at radius 3 is 2.36 bits per heavy atom. The second kappa shape index (κ2) is 9.71. The van der Waals surface area contributed by atoms with Crippen LogP contribution in [-0.4, -0.2) is 67.5 Å². The second-order valence-electron chi connectivity index (χ2n) is 7.80. The van der Waals surface area contributed by atoms with Crippen LogP contribution < -0.4 is 5.32 Å². The van der Waals surface area contributed by atoms with Crippen molar-refractivity contribution in [2.75, 3.05) is 46.8 Å². The molecule has 5 heteroatoms. The maximum absolute atomic E-state index is 12.9. The quantitative estimate of drug-likeness (QED) is 0.837. The highest BCUT2D eigenvalue weighted by Crippen LogP contribution is 2.17. The van der Waals surface area contributed by atoms with Crippen molar-refractivity contribution in [1.29, 1.82) is 0 Å². The van der Waals surface area contributed by atoms with Gasteiger partial charge in [-0.05, 0) is 30.7 Å². The minimum Gasteiger partial charge on any atom is -0.330 e. The summed E-state index contributed by atoms with van der Waals surface area (Å²) in [5, 5.41) is 3.26. The first-order chi connectivity index (χ1) is 13.5. The number of carbonyl (C=O) groups is 1. The number of likely N-dealkylation sites (N-methyl/N-ethyl adjacent to an activating group) is 1. The fourth-order valence-corrected chi connectivity index (χ4v) is 3.58. The summed E-state index contributed by atoms with van der Waals surface area (Å²) in [6, 6.07) is 18.5. The number of rotatable bonds is 6. The van der Waals surface area contributed by atoms with E-state index in [1.165, 1.54) is 11.1 Å². The lowest BCUT2D eigenvalue weighted by atomic mass is 10.1. The molecule has 0 aromatic heterocycles. The molecule has 1 aliphatic heterocycles. The average molecular weight is 381 g/mol. The average Bonchev–Trinajstić information content (AvgIpc) is 2.71. The van der Waals surface area contributed by atoms with Gasteiger partial charge in [-0.15, -0.1) is 0 Å². The second-order valence-corrected chi connectivity index (χ2v) is 7.80. The lowest BCUT2D eigenvalue weighted by molar-refractivity contribution is 0.140. The molecule has 3 rings (SSSR count). The fourth-order valence-electron chi connectivity index (χ4n) is 3.58. The summed E-state index contributed by atoms with van der Waals surface area (Å²) in [5.74, 6) is 0. The van der Waals surface area contributed by atoms with E-state index in [9.17, 15) is 4.79 Å². The van der Waals surface area contributed by atoms with Gasteiger partial charge in [0.25, 0.3) is 0 Å². The lowest BCUT2D eigenvalue weighted by Crippen LogP contribution is -2.49. The minimum atomic E-state index is -0.0359. The molecule has 1 heterocycles. The van der Waals surface area contributed by atoms with Crippen LogP contribution in [0.25, 0.3) is 0 Å². The predicted molar refractivity (Wildman–Crippen MR) is 114 cm³/mol. The Kier molecular flexibility index (Phi) is 7.06. The van der Waals surface area contributed by atoms with Crippen LogP contribution in [0.5, 0.6) is 0 Å². The molecule has 2 amide bonds. The minimum absolute atomic E-state index is 0.0172. The van der Waals surface area contributed by atoms with Crippen LogP contribution >= 0.6 is 0 Å². The van der Waals surface area contributed by atoms with E-state index in [4.69, 9.17) is 0 Å². The molecule has 5 nitrogen and oxygen atoms in total. The van der Waals surface area contributed by atoms with Crippen molar-refractivity contribution in [3.63, 3.8) is 0 Å². The molecule has 1 saturated heterocycles. The molecular weight excluding hydrogens is 348 g/mol. The summed E-state index contributed by atoms with van der Waals surface area (Å²) in [6.07, 6.45) is 0. The first-order valence-corrected chi connectivity index (χ1v) is 10.0. The number of amides is 2. The summed E-state index contributed by atoms with van der Waals surface area (Å²) >= 11 is 0. The van der Waals surface area contributed by atoms with E-state index in [-0.39, 0.29) is 12.1 Å². The van der Waals surface area contributed by atoms with Gasteiger partial charge in [-0.3, -0.25) is 4.90 Å². The van der Waals surface area contributed by atoms with Crippen LogP contribution in [0.2, 0.25) is 0 Å². The van der Waals surface area contributed by atoms with E-state index < -0.39 is 0 Å². The highest BCUT2D eigenvalue weighted by Gasteiger charge is 2.22. The van der Waals surface area contributed by atoms with Gasteiger partial charge >= 0.3 is 6.03 Å². The van der Waals surface area contributed by atoms with E-state index in [0.29, 0.717) is 6.54 Å². The SMILES string of the molecule is Cc1ccccc1CN(C)C(=O)NC(CN1CCN(C)CC1)c1ccccc1. The molecule has 0 radical (unpaired) electrons. The molecule has 150 valence electrons. The van der Waals surface area contributed by atoms with Crippen molar-refractivity contribution in [3.05, 3.63) is 71.3 Å². The third-order valence-electron chi connectivity index (χ3n) is 5.55. The molecule has 2 aromatic carbocycles. The van der Waals surface area contributed by atoms with Gasteiger partial charge in [-0.25, -0.2) is 4.79 Å². The molecule has 0 bridgehead atoms. The van der Waals surface area contributed by atoms with Gasteiger partial charge < -0.3 is 15.1 Å². The van der Waals surface area contributed by atoms with E-state index >= 15 is 0 Å². The van der Waals surface area contributed by atoms with E-state index in [1.54, 1.807) is 4.90 Å². The highest BCUT2D eigenvalue weighted by molar-refractivity contribution is 5.74. The third kappa shape index (κ3) is 5.57. The number of benzene rings is 2. The molecular formula is C23H32N4O. The molecule has 1 N–H and O–H groups in total. The van der Waals surface area contributed by atoms with E-state index in [0.717, 1.165) is 38.3 Å². The zero-order chi connectivity index (χ0) is 19.9. The number of hydrogen-bond acceptors (Lipinski definition) is 3. The van der Waals surface area contributed by atoms with Crippen LogP contribution in [0.3, 0.4) is 0 Å². The Hall–Kier alpha value is -2.37. The Balaban J connectivity index is 1.66. The van der Waals surface area contributed by atoms with Crippen LogP contribution in [0, 0.1) is 6.92 Å². The largest absolute Gasteiger partial charge is 0.330 e. The van der Waals surface area contributed by atoms with Gasteiger partial charge in [0.2, 0.25) is 0 Å². The number of piperazine rings is 1. The van der Waals surface area contributed by atoms with Gasteiger partial charge in [0, 0.05) is 46.3 Å². The van der Waals surface area contributed by atoms with Crippen molar-refractivity contribution in [2.45, 2.75) is 19.5 Å². The maximum Gasteiger partial charge on any atom is 0.317 e. The van der Waals surface area contributed by atoms with Crippen molar-refractivity contribution < 1.29 is 4.79 Å². The van der Waals surface area contributed by atoms with Crippen LogP contribution in [0.1, 0.15) is 22.7 Å². The van der Waals surface area contributed by atoms with Crippen LogP contribution in [-0.2, 0) is 6.54 Å². The lowest BCUT2D eigenvalue weighted by Gasteiger charge is -2.35. The fraction of sp³-hybridized carbons (Fsp3) is 0.435. The molecule has 0 saturated carbocycles. The van der Waals surface area contributed by atoms with Crippen molar-refractivity contribution >= 4 is 6.03 Å². The standard InChI is InChI=1S/C23H32N4O/c1-19-9-7-8-12-21(19)17-26(3)23(28)24-22(20-10-5-4-6-11-20)18-27-15-13-25(2)14-16-27/h4-12,22H,13-18H2,1-3H3,(H,24,28). The van der Waals surface area contributed by atoms with Crippen molar-refractivity contribution in [3.8, 4) is 0 Å². The first kappa shape index (κ1) is 20.4. The third-order valence-corrected chi connectivity index (χ3v) is 5.55. The Labute approximate surface area is 168 Å². The molecule has 0 spiro atoms. The zero-order valence-corrected chi connectivity index (χ0v) is 17.3. The molecule has 28 heavy (non-hydrogen) atoms. The monoisotopic (exact) mass is 380 g/mol. The van der Waals surface area contributed by atoms with Gasteiger partial charge in [0.15, 0.2) is 0 Å².